The summed E-state index contributed by atoms with van der Waals surface area (Å²) in [6.07, 6.45) is 2.68. The van der Waals surface area contributed by atoms with E-state index in [4.69, 9.17) is 16.3 Å². The molecule has 0 aliphatic rings. The predicted molar refractivity (Wildman–Crippen MR) is 180 cm³/mol. The van der Waals surface area contributed by atoms with E-state index in [9.17, 15) is 9.00 Å². The minimum atomic E-state index is -1.48. The van der Waals surface area contributed by atoms with Crippen LogP contribution in [0.5, 0.6) is 5.75 Å². The average molecular weight is 635 g/mol. The molecule has 0 saturated carbocycles. The molecular formula is C31H35ClN8O3S. The third-order valence-corrected chi connectivity index (χ3v) is 7.77. The summed E-state index contributed by atoms with van der Waals surface area (Å²) >= 11 is 6.48. The SMILES string of the molecule is C=CC(=O)Nc1cc(Nc2ncc(Cl)c(Nc3ccccc3NS(=O)c3ccccc3)n2)c(OC)cc1N(C)CCN(C)C. The second-order valence-electron chi connectivity index (χ2n) is 9.86. The Labute approximate surface area is 264 Å². The predicted octanol–water partition coefficient (Wildman–Crippen LogP) is 5.88. The number of carbonyl (C=O) groups excluding carboxylic acids is 1. The van der Waals surface area contributed by atoms with E-state index in [1.54, 1.807) is 31.4 Å². The Balaban J connectivity index is 1.62. The van der Waals surface area contributed by atoms with Gasteiger partial charge in [0.05, 0.1) is 46.6 Å². The fourth-order valence-electron chi connectivity index (χ4n) is 4.05. The largest absolute Gasteiger partial charge is 0.494 e. The van der Waals surface area contributed by atoms with Crippen molar-refractivity contribution < 1.29 is 13.7 Å². The normalized spacial score (nSPS) is 11.4. The third kappa shape index (κ3) is 8.47. The quantitative estimate of drug-likeness (QED) is 0.126. The fraction of sp³-hybridized carbons (Fsp3) is 0.194. The van der Waals surface area contributed by atoms with Gasteiger partial charge in [0.25, 0.3) is 0 Å². The number of halogens is 1. The lowest BCUT2D eigenvalue weighted by molar-refractivity contribution is -0.111. The van der Waals surface area contributed by atoms with Gasteiger partial charge in [-0.1, -0.05) is 48.5 Å². The smallest absolute Gasteiger partial charge is 0.247 e. The molecule has 0 radical (unpaired) electrons. The van der Waals surface area contributed by atoms with Crippen molar-refractivity contribution in [1.29, 1.82) is 0 Å². The summed E-state index contributed by atoms with van der Waals surface area (Å²) in [7, 11) is 6.01. The number of ether oxygens (including phenoxy) is 1. The molecule has 4 N–H and O–H groups in total. The molecule has 11 nitrogen and oxygen atoms in total. The Morgan fingerprint density at radius 1 is 0.977 bits per heavy atom. The maximum atomic E-state index is 12.9. The molecule has 13 heteroatoms. The maximum absolute atomic E-state index is 12.9. The van der Waals surface area contributed by atoms with Crippen molar-refractivity contribution in [3.05, 3.63) is 90.6 Å². The molecule has 4 rings (SSSR count). The molecule has 1 atom stereocenters. The van der Waals surface area contributed by atoms with E-state index in [0.717, 1.165) is 12.2 Å². The van der Waals surface area contributed by atoms with Crippen LogP contribution in [0, 0.1) is 0 Å². The van der Waals surface area contributed by atoms with Crippen LogP contribution in [-0.4, -0.2) is 66.3 Å². The van der Waals surface area contributed by atoms with Crippen molar-refractivity contribution in [2.45, 2.75) is 4.90 Å². The number of benzene rings is 3. The summed E-state index contributed by atoms with van der Waals surface area (Å²) in [6, 6.07) is 20.0. The van der Waals surface area contributed by atoms with Crippen molar-refractivity contribution in [2.75, 3.05) is 66.9 Å². The van der Waals surface area contributed by atoms with E-state index in [-0.39, 0.29) is 16.9 Å². The Kier molecular flexibility index (Phi) is 11.1. The highest BCUT2D eigenvalue weighted by atomic mass is 35.5. The van der Waals surface area contributed by atoms with Crippen molar-refractivity contribution in [3.63, 3.8) is 0 Å². The number of para-hydroxylation sites is 2. The molecule has 0 fully saturated rings. The first kappa shape index (κ1) is 32.3. The molecule has 0 saturated heterocycles. The lowest BCUT2D eigenvalue weighted by Crippen LogP contribution is -2.29. The minimum absolute atomic E-state index is 0.225. The van der Waals surface area contributed by atoms with Crippen LogP contribution in [0.4, 0.5) is 40.2 Å². The molecule has 1 heterocycles. The fourth-order valence-corrected chi connectivity index (χ4v) is 5.09. The van der Waals surface area contributed by atoms with Gasteiger partial charge in [0.15, 0.2) is 5.82 Å². The molecular weight excluding hydrogens is 600 g/mol. The van der Waals surface area contributed by atoms with Gasteiger partial charge in [-0.25, -0.2) is 9.19 Å². The van der Waals surface area contributed by atoms with E-state index >= 15 is 0 Å². The van der Waals surface area contributed by atoms with Gasteiger partial charge in [-0.15, -0.1) is 0 Å². The molecule has 1 unspecified atom stereocenters. The Hall–Kier alpha value is -4.65. The summed E-state index contributed by atoms with van der Waals surface area (Å²) in [5.41, 5.74) is 3.04. The van der Waals surface area contributed by atoms with Gasteiger partial charge in [-0.2, -0.15) is 4.98 Å². The van der Waals surface area contributed by atoms with Crippen LogP contribution in [0.25, 0.3) is 0 Å². The van der Waals surface area contributed by atoms with Gasteiger partial charge in [-0.05, 0) is 50.5 Å². The van der Waals surface area contributed by atoms with Crippen LogP contribution >= 0.6 is 11.6 Å². The molecule has 0 spiro atoms. The molecule has 3 aromatic carbocycles. The summed E-state index contributed by atoms with van der Waals surface area (Å²) in [4.78, 5) is 26.0. The highest BCUT2D eigenvalue weighted by molar-refractivity contribution is 7.86. The van der Waals surface area contributed by atoms with E-state index in [1.165, 1.54) is 12.3 Å². The Morgan fingerprint density at radius 3 is 2.36 bits per heavy atom. The lowest BCUT2D eigenvalue weighted by Gasteiger charge is -2.26. The van der Waals surface area contributed by atoms with Crippen molar-refractivity contribution >= 4 is 68.7 Å². The van der Waals surface area contributed by atoms with Gasteiger partial charge < -0.3 is 30.5 Å². The number of amides is 1. The summed E-state index contributed by atoms with van der Waals surface area (Å²) < 4.78 is 21.6. The maximum Gasteiger partial charge on any atom is 0.247 e. The number of nitrogens with zero attached hydrogens (tertiary/aromatic N) is 4. The molecule has 0 aliphatic carbocycles. The Bertz CT molecular complexity index is 1640. The first-order valence-corrected chi connectivity index (χ1v) is 15.1. The topological polar surface area (TPSA) is 124 Å². The monoisotopic (exact) mass is 634 g/mol. The van der Waals surface area contributed by atoms with Crippen LogP contribution in [0.15, 0.2) is 90.5 Å². The van der Waals surface area contributed by atoms with Crippen LogP contribution < -0.4 is 30.3 Å². The molecule has 0 aliphatic heterocycles. The molecule has 1 amide bonds. The van der Waals surface area contributed by atoms with Crippen molar-refractivity contribution in [2.24, 2.45) is 0 Å². The number of hydrogen-bond donors (Lipinski definition) is 4. The zero-order valence-electron chi connectivity index (χ0n) is 24.9. The van der Waals surface area contributed by atoms with Gasteiger partial charge >= 0.3 is 0 Å². The number of likely N-dealkylation sites (N-methyl/N-ethyl adjacent to an activating group) is 2. The number of aromatic nitrogens is 2. The first-order chi connectivity index (χ1) is 21.2. The van der Waals surface area contributed by atoms with Crippen molar-refractivity contribution in [1.82, 2.24) is 14.9 Å². The standard InChI is InChI=1S/C31H35ClN8O3S/c1-6-29(41)34-25-18-26(28(43-5)19-27(25)40(4)17-16-39(2)3)36-31-33-20-22(32)30(37-31)35-23-14-10-11-15-24(23)38-44(42)21-12-8-7-9-13-21/h6-15,18-20,38H,1,16-17H2,2-5H3,(H,34,41)(H2,33,35,36,37). The summed E-state index contributed by atoms with van der Waals surface area (Å²) in [5.74, 6) is 0.712. The number of nitrogens with one attached hydrogen (secondary N) is 4. The van der Waals surface area contributed by atoms with Crippen LogP contribution in [-0.2, 0) is 15.8 Å². The van der Waals surface area contributed by atoms with Gasteiger partial charge in [-0.3, -0.25) is 9.52 Å². The van der Waals surface area contributed by atoms with Gasteiger partial charge in [0.2, 0.25) is 11.9 Å². The average Bonchev–Trinajstić information content (AvgIpc) is 3.02. The number of methoxy groups -OCH3 is 1. The van der Waals surface area contributed by atoms with E-state index < -0.39 is 11.0 Å². The molecule has 0 bridgehead atoms. The molecule has 4 aromatic rings. The number of rotatable bonds is 14. The zero-order chi connectivity index (χ0) is 31.6. The van der Waals surface area contributed by atoms with Gasteiger partial charge in [0, 0.05) is 26.2 Å². The number of carbonyl (C=O) groups is 1. The number of hydrogen-bond acceptors (Lipinski definition) is 9. The van der Waals surface area contributed by atoms with Crippen LogP contribution in [0.3, 0.4) is 0 Å². The van der Waals surface area contributed by atoms with E-state index in [2.05, 4.69) is 42.1 Å². The summed E-state index contributed by atoms with van der Waals surface area (Å²) in [5, 5.41) is 9.55. The van der Waals surface area contributed by atoms with Gasteiger partial charge in [0.1, 0.15) is 21.8 Å². The first-order valence-electron chi connectivity index (χ1n) is 13.6. The second kappa shape index (κ2) is 15.2. The second-order valence-corrected chi connectivity index (χ2v) is 11.5. The van der Waals surface area contributed by atoms with Crippen LogP contribution in [0.1, 0.15) is 0 Å². The zero-order valence-corrected chi connectivity index (χ0v) is 26.5. The minimum Gasteiger partial charge on any atom is -0.494 e. The van der Waals surface area contributed by atoms with E-state index in [1.807, 2.05) is 68.5 Å². The molecule has 44 heavy (non-hydrogen) atoms. The number of anilines is 7. The third-order valence-electron chi connectivity index (χ3n) is 6.39. The van der Waals surface area contributed by atoms with Crippen molar-refractivity contribution in [3.8, 4) is 5.75 Å². The lowest BCUT2D eigenvalue weighted by atomic mass is 10.2. The highest BCUT2D eigenvalue weighted by Crippen LogP contribution is 2.38. The summed E-state index contributed by atoms with van der Waals surface area (Å²) in [6.45, 7) is 5.09. The molecule has 1 aromatic heterocycles. The highest BCUT2D eigenvalue weighted by Gasteiger charge is 2.17. The van der Waals surface area contributed by atoms with Crippen LogP contribution in [0.2, 0.25) is 5.02 Å². The van der Waals surface area contributed by atoms with E-state index in [0.29, 0.717) is 45.8 Å². The Morgan fingerprint density at radius 2 is 1.68 bits per heavy atom. The molecule has 230 valence electrons.